The van der Waals surface area contributed by atoms with Gasteiger partial charge in [0.1, 0.15) is 6.10 Å². The molecule has 7 heteroatoms. The van der Waals surface area contributed by atoms with Gasteiger partial charge in [0.05, 0.1) is 6.61 Å². The second-order valence-corrected chi connectivity index (χ2v) is 3.40. The lowest BCUT2D eigenvalue weighted by molar-refractivity contribution is -0.174. The molecule has 1 saturated heterocycles. The second kappa shape index (κ2) is 5.24. The van der Waals surface area contributed by atoms with E-state index in [0.717, 1.165) is 6.92 Å². The van der Waals surface area contributed by atoms with Crippen molar-refractivity contribution in [2.24, 2.45) is 0 Å². The maximum atomic E-state index is 10.8. The number of hydrogen-bond acceptors (Lipinski definition) is 7. The van der Waals surface area contributed by atoms with Crippen molar-refractivity contribution in [3.8, 4) is 0 Å². The number of aliphatic hydroxyl groups excluding tert-OH is 2. The van der Waals surface area contributed by atoms with Crippen molar-refractivity contribution in [2.75, 3.05) is 6.61 Å². The zero-order valence-electron chi connectivity index (χ0n) is 8.95. The molecule has 0 aromatic heterocycles. The summed E-state index contributed by atoms with van der Waals surface area (Å²) in [6.45, 7) is 1.88. The van der Waals surface area contributed by atoms with Gasteiger partial charge in [-0.1, -0.05) is 0 Å². The molecule has 92 valence electrons. The van der Waals surface area contributed by atoms with E-state index < -0.39 is 43.1 Å². The first-order valence-corrected chi connectivity index (χ1v) is 4.74. The van der Waals surface area contributed by atoms with Crippen molar-refractivity contribution in [3.05, 3.63) is 0 Å². The van der Waals surface area contributed by atoms with Gasteiger partial charge in [0.25, 0.3) is 0 Å². The molecule has 0 radical (unpaired) electrons. The number of carbonyl (C=O) groups excluding carboxylic acids is 2. The quantitative estimate of drug-likeness (QED) is 0.576. The molecule has 0 aliphatic carbocycles. The molecule has 1 aliphatic heterocycles. The maximum Gasteiger partial charge on any atom is 0.303 e. The molecule has 1 heterocycles. The summed E-state index contributed by atoms with van der Waals surface area (Å²) >= 11 is 0. The van der Waals surface area contributed by atoms with Gasteiger partial charge >= 0.3 is 11.9 Å². The van der Waals surface area contributed by atoms with E-state index in [-0.39, 0.29) is 0 Å². The first-order valence-electron chi connectivity index (χ1n) is 4.74. The van der Waals surface area contributed by atoms with Crippen molar-refractivity contribution in [3.63, 3.8) is 0 Å². The molecule has 0 saturated carbocycles. The van der Waals surface area contributed by atoms with Crippen LogP contribution in [0.2, 0.25) is 0 Å². The van der Waals surface area contributed by atoms with E-state index in [1.165, 1.54) is 6.92 Å². The van der Waals surface area contributed by atoms with Crippen LogP contribution in [0.5, 0.6) is 0 Å². The lowest BCUT2D eigenvalue weighted by Gasteiger charge is -2.21. The SMILES string of the molecule is CC(=O)O[C@@H]1[C@H](OC(C)=O)[C@@H](CO)O[C@@H]1O. The molecule has 1 rings (SSSR count). The molecule has 2 N–H and O–H groups in total. The molecule has 0 aromatic rings. The van der Waals surface area contributed by atoms with Crippen LogP contribution in [0.4, 0.5) is 0 Å². The van der Waals surface area contributed by atoms with Crippen molar-refractivity contribution in [1.29, 1.82) is 0 Å². The van der Waals surface area contributed by atoms with Crippen molar-refractivity contribution < 1.29 is 34.0 Å². The predicted molar refractivity (Wildman–Crippen MR) is 49.1 cm³/mol. The van der Waals surface area contributed by atoms with E-state index in [1.54, 1.807) is 0 Å². The zero-order chi connectivity index (χ0) is 12.3. The summed E-state index contributed by atoms with van der Waals surface area (Å²) in [6.07, 6.45) is -4.42. The van der Waals surface area contributed by atoms with E-state index in [9.17, 15) is 14.7 Å². The van der Waals surface area contributed by atoms with Gasteiger partial charge in [-0.15, -0.1) is 0 Å². The molecule has 4 atom stereocenters. The Morgan fingerprint density at radius 3 is 2.12 bits per heavy atom. The summed E-state index contributed by atoms with van der Waals surface area (Å²) in [5, 5.41) is 18.4. The monoisotopic (exact) mass is 234 g/mol. The van der Waals surface area contributed by atoms with Crippen LogP contribution >= 0.6 is 0 Å². The van der Waals surface area contributed by atoms with Gasteiger partial charge in [0.2, 0.25) is 0 Å². The van der Waals surface area contributed by atoms with Crippen LogP contribution in [0.25, 0.3) is 0 Å². The minimum Gasteiger partial charge on any atom is -0.455 e. The standard InChI is InChI=1S/C9H14O7/c1-4(11)14-7-6(3-10)16-9(13)8(7)15-5(2)12/h6-10,13H,3H2,1-2H3/t6-,7-,8-,9+/m1/s1. The number of aliphatic hydroxyl groups is 2. The first kappa shape index (κ1) is 12.9. The van der Waals surface area contributed by atoms with Gasteiger partial charge in [-0.25, -0.2) is 0 Å². The maximum absolute atomic E-state index is 10.8. The Balaban J connectivity index is 2.76. The highest BCUT2D eigenvalue weighted by atomic mass is 16.7. The molecule has 0 bridgehead atoms. The molecule has 7 nitrogen and oxygen atoms in total. The Morgan fingerprint density at radius 2 is 1.69 bits per heavy atom. The average molecular weight is 234 g/mol. The van der Waals surface area contributed by atoms with E-state index in [4.69, 9.17) is 19.3 Å². The summed E-state index contributed by atoms with van der Waals surface area (Å²) in [5.41, 5.74) is 0. The number of esters is 2. The third-order valence-electron chi connectivity index (χ3n) is 2.07. The number of ether oxygens (including phenoxy) is 3. The summed E-state index contributed by atoms with van der Waals surface area (Å²) < 4.78 is 14.5. The van der Waals surface area contributed by atoms with Gasteiger partial charge in [-0.05, 0) is 0 Å². The zero-order valence-corrected chi connectivity index (χ0v) is 8.95. The minimum atomic E-state index is -1.41. The Kier molecular flexibility index (Phi) is 4.22. The molecular weight excluding hydrogens is 220 g/mol. The minimum absolute atomic E-state index is 0.452. The van der Waals surface area contributed by atoms with Crippen LogP contribution in [-0.2, 0) is 23.8 Å². The molecular formula is C9H14O7. The van der Waals surface area contributed by atoms with Gasteiger partial charge < -0.3 is 24.4 Å². The van der Waals surface area contributed by atoms with Crippen LogP contribution in [0, 0.1) is 0 Å². The van der Waals surface area contributed by atoms with E-state index >= 15 is 0 Å². The van der Waals surface area contributed by atoms with Crippen molar-refractivity contribution in [1.82, 2.24) is 0 Å². The summed E-state index contributed by atoms with van der Waals surface area (Å²) in [4.78, 5) is 21.6. The Morgan fingerprint density at radius 1 is 1.19 bits per heavy atom. The highest BCUT2D eigenvalue weighted by molar-refractivity contribution is 5.67. The average Bonchev–Trinajstić information content (AvgIpc) is 2.44. The molecule has 1 fully saturated rings. The van der Waals surface area contributed by atoms with Gasteiger partial charge in [0, 0.05) is 13.8 Å². The third-order valence-corrected chi connectivity index (χ3v) is 2.07. The molecule has 16 heavy (non-hydrogen) atoms. The highest BCUT2D eigenvalue weighted by Crippen LogP contribution is 2.25. The predicted octanol–water partition coefficient (Wildman–Crippen LogP) is -1.44. The fourth-order valence-corrected chi connectivity index (χ4v) is 1.51. The Labute approximate surface area is 91.9 Å². The van der Waals surface area contributed by atoms with Crippen molar-refractivity contribution >= 4 is 11.9 Å². The fourth-order valence-electron chi connectivity index (χ4n) is 1.51. The van der Waals surface area contributed by atoms with Gasteiger partial charge in [0.15, 0.2) is 18.5 Å². The van der Waals surface area contributed by atoms with Crippen LogP contribution in [0.3, 0.4) is 0 Å². The topological polar surface area (TPSA) is 102 Å². The summed E-state index contributed by atoms with van der Waals surface area (Å²) in [7, 11) is 0. The first-order chi connectivity index (χ1) is 7.45. The number of rotatable bonds is 3. The van der Waals surface area contributed by atoms with Crippen LogP contribution in [0.15, 0.2) is 0 Å². The van der Waals surface area contributed by atoms with Crippen LogP contribution in [-0.4, -0.2) is 53.4 Å². The van der Waals surface area contributed by atoms with E-state index in [2.05, 4.69) is 0 Å². The lowest BCUT2D eigenvalue weighted by atomic mass is 10.1. The largest absolute Gasteiger partial charge is 0.455 e. The third kappa shape index (κ3) is 2.91. The molecule has 1 aliphatic rings. The van der Waals surface area contributed by atoms with Gasteiger partial charge in [-0.3, -0.25) is 9.59 Å². The molecule has 0 unspecified atom stereocenters. The Bertz CT molecular complexity index is 277. The van der Waals surface area contributed by atoms with Crippen LogP contribution in [0.1, 0.15) is 13.8 Å². The lowest BCUT2D eigenvalue weighted by Crippen LogP contribution is -2.40. The smallest absolute Gasteiger partial charge is 0.303 e. The van der Waals surface area contributed by atoms with Crippen molar-refractivity contribution in [2.45, 2.75) is 38.4 Å². The summed E-state index contributed by atoms with van der Waals surface area (Å²) in [6, 6.07) is 0. The summed E-state index contributed by atoms with van der Waals surface area (Å²) in [5.74, 6) is -1.25. The highest BCUT2D eigenvalue weighted by Gasteiger charge is 2.48. The van der Waals surface area contributed by atoms with Gasteiger partial charge in [-0.2, -0.15) is 0 Å². The van der Waals surface area contributed by atoms with E-state index in [0.29, 0.717) is 0 Å². The molecule has 0 aromatic carbocycles. The number of carbonyl (C=O) groups is 2. The molecule has 0 spiro atoms. The normalized spacial score (nSPS) is 33.5. The Hall–Kier alpha value is -1.18. The number of hydrogen-bond donors (Lipinski definition) is 2. The van der Waals surface area contributed by atoms with E-state index in [1.807, 2.05) is 0 Å². The molecule has 0 amide bonds. The second-order valence-electron chi connectivity index (χ2n) is 3.40. The van der Waals surface area contributed by atoms with Crippen LogP contribution < -0.4 is 0 Å². The fraction of sp³-hybridized carbons (Fsp3) is 0.778.